The fourth-order valence-corrected chi connectivity index (χ4v) is 1.86. The van der Waals surface area contributed by atoms with E-state index in [4.69, 9.17) is 28.9 Å². The molecule has 0 bridgehead atoms. The molecule has 0 spiro atoms. The first kappa shape index (κ1) is 12.7. The number of carbonyl (C=O) groups excluding carboxylic acids is 1. The average molecular weight is 285 g/mol. The summed E-state index contributed by atoms with van der Waals surface area (Å²) in [6.07, 6.45) is 3.17. The molecule has 0 fully saturated rings. The summed E-state index contributed by atoms with van der Waals surface area (Å²) in [5.41, 5.74) is 7.02. The number of imidazole rings is 1. The molecule has 1 heterocycles. The van der Waals surface area contributed by atoms with Crippen LogP contribution in [-0.4, -0.2) is 15.9 Å². The number of halogens is 2. The van der Waals surface area contributed by atoms with Crippen LogP contribution in [0.5, 0.6) is 0 Å². The Morgan fingerprint density at radius 1 is 1.39 bits per heavy atom. The van der Waals surface area contributed by atoms with E-state index in [1.165, 1.54) is 12.1 Å². The number of benzene rings is 1. The summed E-state index contributed by atoms with van der Waals surface area (Å²) < 4.78 is 0. The molecule has 1 amide bonds. The van der Waals surface area contributed by atoms with Crippen LogP contribution in [0.15, 0.2) is 24.7 Å². The minimum Gasteiger partial charge on any atom is -0.396 e. The summed E-state index contributed by atoms with van der Waals surface area (Å²) >= 11 is 11.7. The van der Waals surface area contributed by atoms with Crippen LogP contribution >= 0.6 is 23.2 Å². The average Bonchev–Trinajstić information content (AvgIpc) is 2.85. The molecule has 94 valence electrons. The second kappa shape index (κ2) is 5.29. The quantitative estimate of drug-likeness (QED) is 0.756. The van der Waals surface area contributed by atoms with E-state index in [-0.39, 0.29) is 21.6 Å². The molecule has 1 aromatic heterocycles. The maximum atomic E-state index is 11.9. The van der Waals surface area contributed by atoms with Crippen molar-refractivity contribution in [2.75, 3.05) is 5.73 Å². The number of nitrogens with zero attached hydrogens (tertiary/aromatic N) is 1. The van der Waals surface area contributed by atoms with Crippen molar-refractivity contribution in [3.63, 3.8) is 0 Å². The highest BCUT2D eigenvalue weighted by atomic mass is 35.5. The summed E-state index contributed by atoms with van der Waals surface area (Å²) in [7, 11) is 0. The molecule has 1 aromatic carbocycles. The highest BCUT2D eigenvalue weighted by Crippen LogP contribution is 2.28. The number of carbonyl (C=O) groups is 1. The lowest BCUT2D eigenvalue weighted by molar-refractivity contribution is 0.0950. The Labute approximate surface area is 113 Å². The molecule has 7 heteroatoms. The second-order valence-corrected chi connectivity index (χ2v) is 4.43. The lowest BCUT2D eigenvalue weighted by Crippen LogP contribution is -2.23. The predicted molar refractivity (Wildman–Crippen MR) is 70.6 cm³/mol. The number of rotatable bonds is 3. The van der Waals surface area contributed by atoms with Crippen molar-refractivity contribution in [2.45, 2.75) is 6.54 Å². The molecule has 5 nitrogen and oxygen atoms in total. The van der Waals surface area contributed by atoms with Gasteiger partial charge in [-0.25, -0.2) is 4.98 Å². The van der Waals surface area contributed by atoms with Gasteiger partial charge in [0.2, 0.25) is 0 Å². The molecule has 2 aromatic rings. The zero-order valence-electron chi connectivity index (χ0n) is 9.21. The lowest BCUT2D eigenvalue weighted by Gasteiger charge is -2.07. The number of hydrogen-bond donors (Lipinski definition) is 3. The summed E-state index contributed by atoms with van der Waals surface area (Å²) in [6.45, 7) is 0.346. The molecule has 18 heavy (non-hydrogen) atoms. The molecule has 4 N–H and O–H groups in total. The van der Waals surface area contributed by atoms with Gasteiger partial charge in [-0.3, -0.25) is 4.79 Å². The van der Waals surface area contributed by atoms with Gasteiger partial charge in [-0.1, -0.05) is 23.2 Å². The Bertz CT molecular complexity index is 545. The van der Waals surface area contributed by atoms with Gasteiger partial charge >= 0.3 is 0 Å². The van der Waals surface area contributed by atoms with Crippen LogP contribution in [0.3, 0.4) is 0 Å². The number of nitrogens with two attached hydrogens (primary N) is 1. The van der Waals surface area contributed by atoms with Crippen molar-refractivity contribution in [1.82, 2.24) is 15.3 Å². The molecule has 0 saturated heterocycles. The van der Waals surface area contributed by atoms with Gasteiger partial charge in [-0.2, -0.15) is 0 Å². The van der Waals surface area contributed by atoms with Crippen molar-refractivity contribution in [3.05, 3.63) is 46.0 Å². The Kier molecular flexibility index (Phi) is 3.74. The number of hydrogen-bond acceptors (Lipinski definition) is 3. The van der Waals surface area contributed by atoms with Crippen molar-refractivity contribution < 1.29 is 4.79 Å². The van der Waals surface area contributed by atoms with Crippen LogP contribution in [-0.2, 0) is 6.54 Å². The van der Waals surface area contributed by atoms with Crippen LogP contribution < -0.4 is 11.1 Å². The Morgan fingerprint density at radius 3 is 2.61 bits per heavy atom. The fourth-order valence-electron chi connectivity index (χ4n) is 1.37. The third-order valence-corrected chi connectivity index (χ3v) is 2.96. The first-order valence-corrected chi connectivity index (χ1v) is 5.83. The number of nitrogen functional groups attached to an aromatic ring is 1. The molecule has 0 aliphatic carbocycles. The van der Waals surface area contributed by atoms with Gasteiger partial charge in [-0.05, 0) is 12.1 Å². The van der Waals surface area contributed by atoms with Gasteiger partial charge in [0.15, 0.2) is 0 Å². The van der Waals surface area contributed by atoms with Crippen LogP contribution in [0.2, 0.25) is 10.0 Å². The standard InChI is InChI=1S/C11H10Cl2N4O/c12-8-1-6(2-9(13)10(8)14)11(18)16-4-7-3-15-5-17-7/h1-3,5H,4,14H2,(H,15,17)(H,16,18). The van der Waals surface area contributed by atoms with E-state index in [1.54, 1.807) is 12.5 Å². The highest BCUT2D eigenvalue weighted by molar-refractivity contribution is 6.39. The molecule has 0 aliphatic heterocycles. The molecular weight excluding hydrogens is 275 g/mol. The second-order valence-electron chi connectivity index (χ2n) is 3.61. The number of amides is 1. The maximum absolute atomic E-state index is 11.9. The topological polar surface area (TPSA) is 83.8 Å². The van der Waals surface area contributed by atoms with Gasteiger partial charge in [0.1, 0.15) is 0 Å². The van der Waals surface area contributed by atoms with E-state index < -0.39 is 0 Å². The molecule has 0 radical (unpaired) electrons. The first-order chi connectivity index (χ1) is 8.58. The Morgan fingerprint density at radius 2 is 2.06 bits per heavy atom. The predicted octanol–water partition coefficient (Wildman–Crippen LogP) is 2.23. The minimum atomic E-state index is -0.284. The molecular formula is C11H10Cl2N4O. The van der Waals surface area contributed by atoms with E-state index in [0.717, 1.165) is 5.69 Å². The third-order valence-electron chi connectivity index (χ3n) is 2.34. The molecule has 2 rings (SSSR count). The molecule has 0 unspecified atom stereocenters. The Hall–Kier alpha value is -1.72. The number of aromatic nitrogens is 2. The van der Waals surface area contributed by atoms with Crippen molar-refractivity contribution in [3.8, 4) is 0 Å². The number of anilines is 1. The van der Waals surface area contributed by atoms with E-state index in [0.29, 0.717) is 12.1 Å². The van der Waals surface area contributed by atoms with Gasteiger partial charge in [0.05, 0.1) is 34.3 Å². The monoisotopic (exact) mass is 284 g/mol. The number of H-pyrrole nitrogens is 1. The summed E-state index contributed by atoms with van der Waals surface area (Å²) in [4.78, 5) is 18.6. The van der Waals surface area contributed by atoms with Crippen LogP contribution in [0.1, 0.15) is 16.1 Å². The minimum absolute atomic E-state index is 0.259. The molecule has 0 aliphatic rings. The van der Waals surface area contributed by atoms with Gasteiger partial charge in [0.25, 0.3) is 5.91 Å². The van der Waals surface area contributed by atoms with Crippen LogP contribution in [0.25, 0.3) is 0 Å². The van der Waals surface area contributed by atoms with Crippen molar-refractivity contribution in [1.29, 1.82) is 0 Å². The maximum Gasteiger partial charge on any atom is 0.251 e. The van der Waals surface area contributed by atoms with Gasteiger partial charge in [-0.15, -0.1) is 0 Å². The summed E-state index contributed by atoms with van der Waals surface area (Å²) in [5, 5.41) is 3.22. The van der Waals surface area contributed by atoms with E-state index in [2.05, 4.69) is 15.3 Å². The summed E-state index contributed by atoms with van der Waals surface area (Å²) in [6, 6.07) is 2.95. The van der Waals surface area contributed by atoms with E-state index in [1.807, 2.05) is 0 Å². The van der Waals surface area contributed by atoms with Gasteiger partial charge < -0.3 is 16.0 Å². The number of aromatic amines is 1. The normalized spacial score (nSPS) is 10.3. The van der Waals surface area contributed by atoms with E-state index in [9.17, 15) is 4.79 Å². The zero-order valence-corrected chi connectivity index (χ0v) is 10.7. The molecule has 0 saturated carbocycles. The van der Waals surface area contributed by atoms with Crippen molar-refractivity contribution in [2.24, 2.45) is 0 Å². The third kappa shape index (κ3) is 2.75. The fraction of sp³-hybridized carbons (Fsp3) is 0.0909. The SMILES string of the molecule is Nc1c(Cl)cc(C(=O)NCc2cnc[nH]2)cc1Cl. The van der Waals surface area contributed by atoms with Crippen molar-refractivity contribution >= 4 is 34.8 Å². The first-order valence-electron chi connectivity index (χ1n) is 5.08. The van der Waals surface area contributed by atoms with E-state index >= 15 is 0 Å². The smallest absolute Gasteiger partial charge is 0.251 e. The largest absolute Gasteiger partial charge is 0.396 e. The lowest BCUT2D eigenvalue weighted by atomic mass is 10.2. The van der Waals surface area contributed by atoms with Crippen LogP contribution in [0.4, 0.5) is 5.69 Å². The van der Waals surface area contributed by atoms with Gasteiger partial charge in [0, 0.05) is 11.8 Å². The highest BCUT2D eigenvalue weighted by Gasteiger charge is 2.11. The Balaban J connectivity index is 2.09. The van der Waals surface area contributed by atoms with Crippen LogP contribution in [0, 0.1) is 0 Å². The zero-order chi connectivity index (χ0) is 13.1. The molecule has 0 atom stereocenters. The number of nitrogens with one attached hydrogen (secondary N) is 2. The summed E-state index contributed by atoms with van der Waals surface area (Å²) in [5.74, 6) is -0.284.